The summed E-state index contributed by atoms with van der Waals surface area (Å²) in [6.45, 7) is 6.35. The standard InChI is InChI=1S/C19H28N2O4/c1-19(2,3)25-18(23)21-16-10-9-15(11-16)12-20-17(22)24-13-14-7-5-4-6-8-14/h4-8,15-16H,9-13H2,1-3H3,(H,20,22)(H,21,23). The molecule has 2 amide bonds. The molecular formula is C19H28N2O4. The van der Waals surface area contributed by atoms with Gasteiger partial charge in [-0.2, -0.15) is 0 Å². The summed E-state index contributed by atoms with van der Waals surface area (Å²) in [6.07, 6.45) is 1.89. The van der Waals surface area contributed by atoms with Crippen LogP contribution in [-0.2, 0) is 16.1 Å². The number of nitrogens with one attached hydrogen (secondary N) is 2. The molecule has 0 aliphatic heterocycles. The third kappa shape index (κ3) is 7.45. The molecule has 0 saturated heterocycles. The van der Waals surface area contributed by atoms with Gasteiger partial charge in [-0.1, -0.05) is 30.3 Å². The molecular weight excluding hydrogens is 320 g/mol. The smallest absolute Gasteiger partial charge is 0.407 e. The summed E-state index contributed by atoms with van der Waals surface area (Å²) in [5.74, 6) is 0.337. The number of alkyl carbamates (subject to hydrolysis) is 2. The Bertz CT molecular complexity index is 569. The first kappa shape index (κ1) is 19.1. The van der Waals surface area contributed by atoms with Gasteiger partial charge in [-0.15, -0.1) is 0 Å². The molecule has 2 unspecified atom stereocenters. The molecule has 1 aliphatic carbocycles. The first-order valence-electron chi connectivity index (χ1n) is 8.76. The van der Waals surface area contributed by atoms with Crippen LogP contribution in [0.25, 0.3) is 0 Å². The Morgan fingerprint density at radius 1 is 1.12 bits per heavy atom. The van der Waals surface area contributed by atoms with Gasteiger partial charge in [0, 0.05) is 12.6 Å². The van der Waals surface area contributed by atoms with Gasteiger partial charge in [-0.25, -0.2) is 9.59 Å². The topological polar surface area (TPSA) is 76.7 Å². The van der Waals surface area contributed by atoms with E-state index in [1.807, 2.05) is 51.1 Å². The van der Waals surface area contributed by atoms with E-state index in [4.69, 9.17) is 9.47 Å². The summed E-state index contributed by atoms with van der Waals surface area (Å²) in [5, 5.41) is 5.70. The van der Waals surface area contributed by atoms with Crippen molar-refractivity contribution < 1.29 is 19.1 Å². The Kier molecular flexibility index (Phi) is 6.67. The van der Waals surface area contributed by atoms with Crippen LogP contribution in [-0.4, -0.2) is 30.4 Å². The van der Waals surface area contributed by atoms with Crippen LogP contribution >= 0.6 is 0 Å². The third-order valence-electron chi connectivity index (χ3n) is 4.01. The van der Waals surface area contributed by atoms with Gasteiger partial charge in [0.1, 0.15) is 12.2 Å². The number of hydrogen-bond donors (Lipinski definition) is 2. The van der Waals surface area contributed by atoms with Crippen LogP contribution in [0.4, 0.5) is 9.59 Å². The molecule has 0 radical (unpaired) electrons. The summed E-state index contributed by atoms with van der Waals surface area (Å²) in [7, 11) is 0. The van der Waals surface area contributed by atoms with Crippen LogP contribution in [0.3, 0.4) is 0 Å². The maximum Gasteiger partial charge on any atom is 0.407 e. The second-order valence-corrected chi connectivity index (χ2v) is 7.46. The first-order valence-corrected chi connectivity index (χ1v) is 8.76. The Morgan fingerprint density at radius 3 is 2.52 bits per heavy atom. The largest absolute Gasteiger partial charge is 0.445 e. The molecule has 1 saturated carbocycles. The highest BCUT2D eigenvalue weighted by Crippen LogP contribution is 2.25. The molecule has 1 fully saturated rings. The number of ether oxygens (including phenoxy) is 2. The van der Waals surface area contributed by atoms with E-state index in [2.05, 4.69) is 10.6 Å². The van der Waals surface area contributed by atoms with Gasteiger partial charge >= 0.3 is 12.2 Å². The van der Waals surface area contributed by atoms with E-state index in [1.165, 1.54) is 0 Å². The van der Waals surface area contributed by atoms with Gasteiger partial charge < -0.3 is 20.1 Å². The Balaban J connectivity index is 1.62. The molecule has 1 aromatic carbocycles. The lowest BCUT2D eigenvalue weighted by Crippen LogP contribution is -2.38. The zero-order chi connectivity index (χ0) is 18.3. The van der Waals surface area contributed by atoms with Crippen LogP contribution in [0.2, 0.25) is 0 Å². The normalized spacial score (nSPS) is 20.0. The van der Waals surface area contributed by atoms with Gasteiger partial charge in [0.05, 0.1) is 0 Å². The van der Waals surface area contributed by atoms with Crippen LogP contribution in [0.1, 0.15) is 45.6 Å². The molecule has 2 atom stereocenters. The van der Waals surface area contributed by atoms with E-state index in [0.29, 0.717) is 12.5 Å². The molecule has 1 aromatic rings. The molecule has 2 N–H and O–H groups in total. The maximum atomic E-state index is 11.8. The van der Waals surface area contributed by atoms with E-state index in [9.17, 15) is 9.59 Å². The second kappa shape index (κ2) is 8.74. The number of carbonyl (C=O) groups excluding carboxylic acids is 2. The van der Waals surface area contributed by atoms with Crippen molar-refractivity contribution in [3.05, 3.63) is 35.9 Å². The molecule has 6 heteroatoms. The minimum Gasteiger partial charge on any atom is -0.445 e. The van der Waals surface area contributed by atoms with Crippen LogP contribution in [0.15, 0.2) is 30.3 Å². The molecule has 0 aromatic heterocycles. The molecule has 0 heterocycles. The van der Waals surface area contributed by atoms with Crippen molar-refractivity contribution >= 4 is 12.2 Å². The lowest BCUT2D eigenvalue weighted by Gasteiger charge is -2.21. The number of benzene rings is 1. The second-order valence-electron chi connectivity index (χ2n) is 7.46. The summed E-state index contributed by atoms with van der Waals surface area (Å²) in [4.78, 5) is 23.6. The van der Waals surface area contributed by atoms with Gasteiger partial charge in [0.2, 0.25) is 0 Å². The number of amides is 2. The SMILES string of the molecule is CC(C)(C)OC(=O)NC1CCC(CNC(=O)OCc2ccccc2)C1. The van der Waals surface area contributed by atoms with Crippen molar-refractivity contribution in [2.24, 2.45) is 5.92 Å². The number of rotatable bonds is 5. The van der Waals surface area contributed by atoms with Crippen LogP contribution in [0, 0.1) is 5.92 Å². The highest BCUT2D eigenvalue weighted by atomic mass is 16.6. The third-order valence-corrected chi connectivity index (χ3v) is 4.01. The van der Waals surface area contributed by atoms with E-state index in [0.717, 1.165) is 24.8 Å². The molecule has 138 valence electrons. The van der Waals surface area contributed by atoms with Gasteiger partial charge in [-0.3, -0.25) is 0 Å². The number of carbonyl (C=O) groups is 2. The zero-order valence-electron chi connectivity index (χ0n) is 15.2. The summed E-state index contributed by atoms with van der Waals surface area (Å²) in [5.41, 5.74) is 0.465. The first-order chi connectivity index (χ1) is 11.8. The van der Waals surface area contributed by atoms with Crippen molar-refractivity contribution in [1.29, 1.82) is 0 Å². The van der Waals surface area contributed by atoms with Gasteiger partial charge in [0.15, 0.2) is 0 Å². The van der Waals surface area contributed by atoms with E-state index >= 15 is 0 Å². The highest BCUT2D eigenvalue weighted by Gasteiger charge is 2.27. The van der Waals surface area contributed by atoms with E-state index in [1.54, 1.807) is 0 Å². The van der Waals surface area contributed by atoms with Crippen LogP contribution in [0.5, 0.6) is 0 Å². The highest BCUT2D eigenvalue weighted by molar-refractivity contribution is 5.68. The predicted molar refractivity (Wildman–Crippen MR) is 95.1 cm³/mol. The fraction of sp³-hybridized carbons (Fsp3) is 0.579. The average Bonchev–Trinajstić information content (AvgIpc) is 2.97. The lowest BCUT2D eigenvalue weighted by atomic mass is 10.1. The van der Waals surface area contributed by atoms with Crippen molar-refractivity contribution in [1.82, 2.24) is 10.6 Å². The van der Waals surface area contributed by atoms with Crippen molar-refractivity contribution in [2.45, 2.75) is 58.3 Å². The fourth-order valence-corrected chi connectivity index (χ4v) is 2.87. The van der Waals surface area contributed by atoms with E-state index < -0.39 is 11.7 Å². The lowest BCUT2D eigenvalue weighted by molar-refractivity contribution is 0.0504. The minimum absolute atomic E-state index is 0.0991. The Hall–Kier alpha value is -2.24. The van der Waals surface area contributed by atoms with Crippen molar-refractivity contribution in [2.75, 3.05) is 6.54 Å². The monoisotopic (exact) mass is 348 g/mol. The molecule has 6 nitrogen and oxygen atoms in total. The molecule has 2 rings (SSSR count). The van der Waals surface area contributed by atoms with Crippen LogP contribution < -0.4 is 10.6 Å². The Labute approximate surface area is 149 Å². The number of hydrogen-bond acceptors (Lipinski definition) is 4. The quantitative estimate of drug-likeness (QED) is 0.852. The summed E-state index contributed by atoms with van der Waals surface area (Å²) in [6, 6.07) is 9.67. The zero-order valence-corrected chi connectivity index (χ0v) is 15.2. The predicted octanol–water partition coefficient (Wildman–Crippen LogP) is 3.61. The summed E-state index contributed by atoms with van der Waals surface area (Å²) >= 11 is 0. The fourth-order valence-electron chi connectivity index (χ4n) is 2.87. The maximum absolute atomic E-state index is 11.8. The van der Waals surface area contributed by atoms with Crippen molar-refractivity contribution in [3.63, 3.8) is 0 Å². The summed E-state index contributed by atoms with van der Waals surface area (Å²) < 4.78 is 10.5. The van der Waals surface area contributed by atoms with Gasteiger partial charge in [0.25, 0.3) is 0 Å². The minimum atomic E-state index is -0.494. The Morgan fingerprint density at radius 2 is 1.84 bits per heavy atom. The molecule has 0 spiro atoms. The molecule has 25 heavy (non-hydrogen) atoms. The average molecular weight is 348 g/mol. The molecule has 1 aliphatic rings. The van der Waals surface area contributed by atoms with Crippen molar-refractivity contribution in [3.8, 4) is 0 Å². The molecule has 0 bridgehead atoms. The van der Waals surface area contributed by atoms with E-state index in [-0.39, 0.29) is 18.7 Å². The van der Waals surface area contributed by atoms with Gasteiger partial charge in [-0.05, 0) is 51.5 Å².